The molecule has 0 bridgehead atoms. The summed E-state index contributed by atoms with van der Waals surface area (Å²) in [5.74, 6) is -2.41. The molecule has 1 heterocycles. The van der Waals surface area contributed by atoms with Crippen molar-refractivity contribution in [2.75, 3.05) is 0 Å². The van der Waals surface area contributed by atoms with E-state index in [4.69, 9.17) is 0 Å². The zero-order chi connectivity index (χ0) is 20.4. The van der Waals surface area contributed by atoms with Crippen molar-refractivity contribution in [3.05, 3.63) is 57.1 Å². The van der Waals surface area contributed by atoms with Crippen molar-refractivity contribution < 1.29 is 24.0 Å². The van der Waals surface area contributed by atoms with Crippen LogP contribution in [0.1, 0.15) is 30.3 Å². The minimum Gasteiger partial charge on any atom is -0.479 e. The van der Waals surface area contributed by atoms with Gasteiger partial charge in [0.15, 0.2) is 5.54 Å². The van der Waals surface area contributed by atoms with Crippen LogP contribution in [0.2, 0.25) is 0 Å². The van der Waals surface area contributed by atoms with E-state index in [0.29, 0.717) is 5.69 Å². The fourth-order valence-electron chi connectivity index (χ4n) is 2.75. The zero-order valence-electron chi connectivity index (χ0n) is 15.0. The number of rotatable bonds is 7. The summed E-state index contributed by atoms with van der Waals surface area (Å²) in [6.45, 7) is 4.37. The molecule has 1 amide bonds. The number of aliphatic carboxylic acids is 1. The third-order valence-electron chi connectivity index (χ3n) is 4.32. The molecule has 9 nitrogen and oxygen atoms in total. The summed E-state index contributed by atoms with van der Waals surface area (Å²) in [6.07, 6.45) is -0.136. The standard InChI is InChI=1S/C17H19FN4O5/c1-10-15(22(26)27)11(2)21(20-10)9-8-14(23)19-17(3,16(24)25)12-4-6-13(18)7-5-12/h4-7H,8-9H2,1-3H3,(H,19,23)(H,24,25). The van der Waals surface area contributed by atoms with Gasteiger partial charge in [0, 0.05) is 6.42 Å². The molecule has 0 aliphatic rings. The highest BCUT2D eigenvalue weighted by atomic mass is 19.1. The van der Waals surface area contributed by atoms with Gasteiger partial charge in [0.2, 0.25) is 5.91 Å². The van der Waals surface area contributed by atoms with Crippen molar-refractivity contribution in [1.82, 2.24) is 15.1 Å². The van der Waals surface area contributed by atoms with Crippen molar-refractivity contribution in [3.63, 3.8) is 0 Å². The number of nitrogens with zero attached hydrogens (tertiary/aromatic N) is 3. The maximum atomic E-state index is 13.1. The molecular formula is C17H19FN4O5. The van der Waals surface area contributed by atoms with Crippen molar-refractivity contribution >= 4 is 17.6 Å². The lowest BCUT2D eigenvalue weighted by molar-refractivity contribution is -0.386. The minimum atomic E-state index is -1.74. The molecule has 0 fully saturated rings. The van der Waals surface area contributed by atoms with Crippen LogP contribution in [0.5, 0.6) is 0 Å². The second-order valence-corrected chi connectivity index (χ2v) is 6.23. The molecule has 1 aromatic heterocycles. The summed E-state index contributed by atoms with van der Waals surface area (Å²) in [4.78, 5) is 34.5. The van der Waals surface area contributed by atoms with Crippen LogP contribution >= 0.6 is 0 Å². The smallest absolute Gasteiger partial charge is 0.333 e. The molecule has 144 valence electrons. The monoisotopic (exact) mass is 378 g/mol. The highest BCUT2D eigenvalue weighted by Crippen LogP contribution is 2.23. The molecule has 0 spiro atoms. The van der Waals surface area contributed by atoms with E-state index in [1.165, 1.54) is 37.6 Å². The summed E-state index contributed by atoms with van der Waals surface area (Å²) in [7, 11) is 0. The number of aryl methyl sites for hydroxylation is 2. The maximum Gasteiger partial charge on any atom is 0.333 e. The largest absolute Gasteiger partial charge is 0.479 e. The average molecular weight is 378 g/mol. The second-order valence-electron chi connectivity index (χ2n) is 6.23. The number of carbonyl (C=O) groups excluding carboxylic acids is 1. The highest BCUT2D eigenvalue weighted by molar-refractivity contribution is 5.87. The van der Waals surface area contributed by atoms with Crippen LogP contribution in [0.4, 0.5) is 10.1 Å². The molecule has 27 heavy (non-hydrogen) atoms. The Bertz CT molecular complexity index is 893. The Hall–Kier alpha value is -3.30. The van der Waals surface area contributed by atoms with Gasteiger partial charge in [-0.3, -0.25) is 19.6 Å². The average Bonchev–Trinajstić information content (AvgIpc) is 2.87. The summed E-state index contributed by atoms with van der Waals surface area (Å²) >= 11 is 0. The van der Waals surface area contributed by atoms with Crippen LogP contribution in [0.25, 0.3) is 0 Å². The molecule has 1 aromatic carbocycles. The molecule has 0 saturated carbocycles. The third kappa shape index (κ3) is 4.10. The van der Waals surface area contributed by atoms with Gasteiger partial charge in [-0.1, -0.05) is 12.1 Å². The number of hydrogen-bond donors (Lipinski definition) is 2. The van der Waals surface area contributed by atoms with Crippen molar-refractivity contribution in [2.24, 2.45) is 0 Å². The Morgan fingerprint density at radius 2 is 1.93 bits per heavy atom. The number of hydrogen-bond acceptors (Lipinski definition) is 5. The summed E-state index contributed by atoms with van der Waals surface area (Å²) in [6, 6.07) is 4.79. The van der Waals surface area contributed by atoms with E-state index < -0.39 is 28.2 Å². The molecule has 10 heteroatoms. The van der Waals surface area contributed by atoms with E-state index in [1.54, 1.807) is 0 Å². The van der Waals surface area contributed by atoms with Crippen LogP contribution in [0.3, 0.4) is 0 Å². The number of carboxylic acid groups (broad SMARTS) is 1. The fraction of sp³-hybridized carbons (Fsp3) is 0.353. The van der Waals surface area contributed by atoms with E-state index in [-0.39, 0.29) is 29.9 Å². The van der Waals surface area contributed by atoms with Crippen LogP contribution in [-0.2, 0) is 21.7 Å². The van der Waals surface area contributed by atoms with E-state index in [0.717, 1.165) is 12.1 Å². The first-order chi connectivity index (χ1) is 12.6. The van der Waals surface area contributed by atoms with Gasteiger partial charge in [-0.15, -0.1) is 0 Å². The Kier molecular flexibility index (Phi) is 5.58. The fourth-order valence-corrected chi connectivity index (χ4v) is 2.75. The molecule has 2 aromatic rings. The zero-order valence-corrected chi connectivity index (χ0v) is 15.0. The Balaban J connectivity index is 2.14. The Morgan fingerprint density at radius 3 is 2.41 bits per heavy atom. The Labute approximate surface area is 154 Å². The number of amides is 1. The van der Waals surface area contributed by atoms with E-state index in [1.807, 2.05) is 0 Å². The lowest BCUT2D eigenvalue weighted by atomic mass is 9.92. The molecule has 0 saturated heterocycles. The molecular weight excluding hydrogens is 359 g/mol. The quantitative estimate of drug-likeness (QED) is 0.561. The molecule has 1 atom stereocenters. The third-order valence-corrected chi connectivity index (χ3v) is 4.32. The molecule has 1 unspecified atom stereocenters. The van der Waals surface area contributed by atoms with E-state index >= 15 is 0 Å². The van der Waals surface area contributed by atoms with E-state index in [2.05, 4.69) is 10.4 Å². The minimum absolute atomic E-state index is 0.0471. The first kappa shape index (κ1) is 20.0. The maximum absolute atomic E-state index is 13.1. The molecule has 0 aliphatic heterocycles. The first-order valence-electron chi connectivity index (χ1n) is 8.05. The second kappa shape index (κ2) is 7.52. The number of nitro groups is 1. The number of halogens is 1. The van der Waals surface area contributed by atoms with Crippen molar-refractivity contribution in [3.8, 4) is 0 Å². The van der Waals surface area contributed by atoms with Crippen molar-refractivity contribution in [1.29, 1.82) is 0 Å². The highest BCUT2D eigenvalue weighted by Gasteiger charge is 2.36. The SMILES string of the molecule is Cc1nn(CCC(=O)NC(C)(C(=O)O)c2ccc(F)cc2)c(C)c1[N+](=O)[O-]. The van der Waals surface area contributed by atoms with Crippen LogP contribution in [0, 0.1) is 29.8 Å². The Morgan fingerprint density at radius 1 is 1.33 bits per heavy atom. The lowest BCUT2D eigenvalue weighted by Gasteiger charge is -2.27. The summed E-state index contributed by atoms with van der Waals surface area (Å²) in [5.41, 5.74) is -1.10. The van der Waals surface area contributed by atoms with Gasteiger partial charge in [-0.25, -0.2) is 9.18 Å². The molecule has 0 radical (unpaired) electrons. The number of benzene rings is 1. The predicted molar refractivity (Wildman–Crippen MR) is 92.5 cm³/mol. The van der Waals surface area contributed by atoms with Gasteiger partial charge in [0.25, 0.3) is 0 Å². The molecule has 0 aliphatic carbocycles. The van der Waals surface area contributed by atoms with Gasteiger partial charge < -0.3 is 10.4 Å². The summed E-state index contributed by atoms with van der Waals surface area (Å²) in [5, 5.41) is 27.0. The molecule has 2 N–H and O–H groups in total. The van der Waals surface area contributed by atoms with Crippen molar-refractivity contribution in [2.45, 2.75) is 39.3 Å². The predicted octanol–water partition coefficient (Wildman–Crippen LogP) is 2.05. The number of carbonyl (C=O) groups is 2. The topological polar surface area (TPSA) is 127 Å². The summed E-state index contributed by atoms with van der Waals surface area (Å²) < 4.78 is 14.4. The molecule has 2 rings (SSSR count). The van der Waals surface area contributed by atoms with Gasteiger partial charge in [0.05, 0.1) is 11.5 Å². The van der Waals surface area contributed by atoms with E-state index in [9.17, 15) is 29.2 Å². The van der Waals surface area contributed by atoms with Gasteiger partial charge >= 0.3 is 11.7 Å². The van der Waals surface area contributed by atoms with Crippen LogP contribution in [0.15, 0.2) is 24.3 Å². The van der Waals surface area contributed by atoms with Gasteiger partial charge in [-0.05, 0) is 38.5 Å². The number of aromatic nitrogens is 2. The first-order valence-corrected chi connectivity index (χ1v) is 8.05. The lowest BCUT2D eigenvalue weighted by Crippen LogP contribution is -2.49. The van der Waals surface area contributed by atoms with Gasteiger partial charge in [0.1, 0.15) is 17.2 Å². The number of carboxylic acids is 1. The van der Waals surface area contributed by atoms with Gasteiger partial charge in [-0.2, -0.15) is 5.10 Å². The number of nitrogens with one attached hydrogen (secondary N) is 1. The normalized spacial score (nSPS) is 13.0. The van der Waals surface area contributed by atoms with Crippen LogP contribution < -0.4 is 5.32 Å². The van der Waals surface area contributed by atoms with Crippen LogP contribution in [-0.4, -0.2) is 31.7 Å².